The minimum Gasteiger partial charge on any atom is -0.321 e. The summed E-state index contributed by atoms with van der Waals surface area (Å²) in [6.45, 7) is 8.00. The second kappa shape index (κ2) is 5.84. The molecule has 3 nitrogen and oxygen atoms in total. The predicted octanol–water partition coefficient (Wildman–Crippen LogP) is 4.72. The highest BCUT2D eigenvalue weighted by atomic mass is 16.1. The Morgan fingerprint density at radius 3 is 2.43 bits per heavy atom. The third kappa shape index (κ3) is 2.95. The Bertz CT molecular complexity index is 913. The van der Waals surface area contributed by atoms with E-state index in [1.165, 1.54) is 0 Å². The predicted molar refractivity (Wildman–Crippen MR) is 95.1 cm³/mol. The van der Waals surface area contributed by atoms with E-state index >= 15 is 0 Å². The maximum absolute atomic E-state index is 12.6. The van der Waals surface area contributed by atoms with Crippen LogP contribution in [0.5, 0.6) is 0 Å². The monoisotopic (exact) mass is 304 g/mol. The molecule has 1 amide bonds. The van der Waals surface area contributed by atoms with Crippen molar-refractivity contribution >= 4 is 22.5 Å². The summed E-state index contributed by atoms with van der Waals surface area (Å²) >= 11 is 0. The van der Waals surface area contributed by atoms with Crippen molar-refractivity contribution in [1.29, 1.82) is 0 Å². The van der Waals surface area contributed by atoms with Crippen molar-refractivity contribution in [2.45, 2.75) is 27.7 Å². The first-order chi connectivity index (χ1) is 11.0. The number of hydrogen-bond acceptors (Lipinski definition) is 2. The summed E-state index contributed by atoms with van der Waals surface area (Å²) in [6, 6.07) is 13.7. The molecule has 116 valence electrons. The van der Waals surface area contributed by atoms with Gasteiger partial charge < -0.3 is 5.32 Å². The maximum Gasteiger partial charge on any atom is 0.255 e. The van der Waals surface area contributed by atoms with Crippen molar-refractivity contribution in [3.8, 4) is 0 Å². The van der Waals surface area contributed by atoms with Gasteiger partial charge in [-0.15, -0.1) is 0 Å². The second-order valence-electron chi connectivity index (χ2n) is 6.06. The molecule has 1 heterocycles. The minimum atomic E-state index is -0.0887. The van der Waals surface area contributed by atoms with Crippen LogP contribution in [0.2, 0.25) is 0 Å². The largest absolute Gasteiger partial charge is 0.321 e. The quantitative estimate of drug-likeness (QED) is 0.744. The van der Waals surface area contributed by atoms with Crippen LogP contribution in [0.1, 0.15) is 32.7 Å². The Morgan fingerprint density at radius 2 is 1.70 bits per heavy atom. The molecule has 0 atom stereocenters. The van der Waals surface area contributed by atoms with Gasteiger partial charge in [0.1, 0.15) is 0 Å². The van der Waals surface area contributed by atoms with Crippen molar-refractivity contribution in [2.24, 2.45) is 0 Å². The van der Waals surface area contributed by atoms with E-state index in [9.17, 15) is 4.79 Å². The van der Waals surface area contributed by atoms with Gasteiger partial charge in [0, 0.05) is 16.6 Å². The van der Waals surface area contributed by atoms with E-state index in [1.807, 2.05) is 44.2 Å². The van der Waals surface area contributed by atoms with Gasteiger partial charge in [-0.3, -0.25) is 9.78 Å². The summed E-state index contributed by atoms with van der Waals surface area (Å²) in [6.07, 6.45) is 0. The van der Waals surface area contributed by atoms with E-state index in [0.29, 0.717) is 5.56 Å². The number of aromatic nitrogens is 1. The van der Waals surface area contributed by atoms with Crippen LogP contribution in [0.3, 0.4) is 0 Å². The van der Waals surface area contributed by atoms with Gasteiger partial charge in [0.15, 0.2) is 0 Å². The van der Waals surface area contributed by atoms with Gasteiger partial charge in [0.2, 0.25) is 0 Å². The smallest absolute Gasteiger partial charge is 0.255 e. The van der Waals surface area contributed by atoms with Gasteiger partial charge in [0.25, 0.3) is 5.91 Å². The molecule has 0 aliphatic carbocycles. The molecule has 0 radical (unpaired) electrons. The lowest BCUT2D eigenvalue weighted by Gasteiger charge is -2.13. The number of nitrogens with zero attached hydrogens (tertiary/aromatic N) is 1. The fraction of sp³-hybridized carbons (Fsp3) is 0.200. The molecule has 0 aliphatic rings. The Hall–Kier alpha value is -2.68. The Kier molecular flexibility index (Phi) is 3.87. The van der Waals surface area contributed by atoms with Crippen LogP contribution < -0.4 is 5.32 Å². The molecule has 0 unspecified atom stereocenters. The highest BCUT2D eigenvalue weighted by Gasteiger charge is 2.12. The number of carbonyl (C=O) groups excluding carboxylic acids is 1. The molecule has 0 aliphatic heterocycles. The summed E-state index contributed by atoms with van der Waals surface area (Å²) in [5.41, 5.74) is 6.59. The van der Waals surface area contributed by atoms with Crippen molar-refractivity contribution < 1.29 is 4.79 Å². The van der Waals surface area contributed by atoms with Crippen molar-refractivity contribution in [3.05, 3.63) is 70.4 Å². The fourth-order valence-corrected chi connectivity index (χ4v) is 2.93. The van der Waals surface area contributed by atoms with Crippen LogP contribution >= 0.6 is 0 Å². The molecule has 1 aromatic heterocycles. The van der Waals surface area contributed by atoms with Gasteiger partial charge in [-0.05, 0) is 57.0 Å². The molecule has 3 rings (SSSR count). The van der Waals surface area contributed by atoms with Gasteiger partial charge in [0.05, 0.1) is 11.2 Å². The summed E-state index contributed by atoms with van der Waals surface area (Å²) in [5, 5.41) is 4.04. The van der Waals surface area contributed by atoms with Crippen LogP contribution in [0.4, 0.5) is 5.69 Å². The summed E-state index contributed by atoms with van der Waals surface area (Å²) < 4.78 is 0. The van der Waals surface area contributed by atoms with E-state index < -0.39 is 0 Å². The number of carbonyl (C=O) groups is 1. The highest BCUT2D eigenvalue weighted by molar-refractivity contribution is 6.09. The number of pyridine rings is 1. The van der Waals surface area contributed by atoms with Crippen LogP contribution in [0.15, 0.2) is 42.5 Å². The lowest BCUT2D eigenvalue weighted by molar-refractivity contribution is 0.102. The Morgan fingerprint density at radius 1 is 0.957 bits per heavy atom. The van der Waals surface area contributed by atoms with Gasteiger partial charge in [-0.25, -0.2) is 0 Å². The number of fused-ring (bicyclic) bond motifs is 1. The molecule has 0 fully saturated rings. The van der Waals surface area contributed by atoms with Crippen molar-refractivity contribution in [2.75, 3.05) is 5.32 Å². The second-order valence-corrected chi connectivity index (χ2v) is 6.06. The zero-order chi connectivity index (χ0) is 16.6. The third-order valence-electron chi connectivity index (χ3n) is 4.01. The Labute approximate surface area is 136 Å². The number of aryl methyl sites for hydroxylation is 4. The summed E-state index contributed by atoms with van der Waals surface area (Å²) in [5.74, 6) is -0.0887. The van der Waals surface area contributed by atoms with Crippen LogP contribution in [-0.4, -0.2) is 10.9 Å². The fourth-order valence-electron chi connectivity index (χ4n) is 2.93. The van der Waals surface area contributed by atoms with E-state index in [-0.39, 0.29) is 5.91 Å². The molecule has 0 bridgehead atoms. The van der Waals surface area contributed by atoms with Crippen molar-refractivity contribution in [1.82, 2.24) is 4.98 Å². The zero-order valence-corrected chi connectivity index (χ0v) is 13.9. The first kappa shape index (κ1) is 15.2. The number of rotatable bonds is 2. The first-order valence-electron chi connectivity index (χ1n) is 7.71. The standard InChI is InChI=1S/C20H20N2O/c1-12-9-14(3)19-17(10-12)18(11-15(4)21-19)22-20(23)16-8-6-5-7-13(16)2/h5-11H,1-4H3,(H,21,22,23). The number of nitrogens with one attached hydrogen (secondary N) is 1. The van der Waals surface area contributed by atoms with Gasteiger partial charge >= 0.3 is 0 Å². The maximum atomic E-state index is 12.6. The SMILES string of the molecule is Cc1cc(C)c2nc(C)cc(NC(=O)c3ccccc3C)c2c1. The molecule has 1 N–H and O–H groups in total. The van der Waals surface area contributed by atoms with Gasteiger partial charge in [-0.1, -0.05) is 29.8 Å². The first-order valence-corrected chi connectivity index (χ1v) is 7.71. The Balaban J connectivity index is 2.10. The molecule has 0 saturated heterocycles. The number of benzene rings is 2. The van der Waals surface area contributed by atoms with E-state index in [2.05, 4.69) is 36.3 Å². The summed E-state index contributed by atoms with van der Waals surface area (Å²) in [7, 11) is 0. The van der Waals surface area contributed by atoms with Crippen LogP contribution in [0, 0.1) is 27.7 Å². The van der Waals surface area contributed by atoms with E-state index in [4.69, 9.17) is 0 Å². The average Bonchev–Trinajstić information content (AvgIpc) is 2.49. The number of hydrogen-bond donors (Lipinski definition) is 1. The topological polar surface area (TPSA) is 42.0 Å². The number of anilines is 1. The molecule has 0 spiro atoms. The average molecular weight is 304 g/mol. The molecule has 0 saturated carbocycles. The van der Waals surface area contributed by atoms with E-state index in [0.717, 1.165) is 39.0 Å². The third-order valence-corrected chi connectivity index (χ3v) is 4.01. The highest BCUT2D eigenvalue weighted by Crippen LogP contribution is 2.27. The molecular formula is C20H20N2O. The normalized spacial score (nSPS) is 10.8. The molecule has 2 aromatic carbocycles. The van der Waals surface area contributed by atoms with Crippen LogP contribution in [-0.2, 0) is 0 Å². The lowest BCUT2D eigenvalue weighted by Crippen LogP contribution is -2.14. The van der Waals surface area contributed by atoms with Crippen molar-refractivity contribution in [3.63, 3.8) is 0 Å². The van der Waals surface area contributed by atoms with Crippen LogP contribution in [0.25, 0.3) is 10.9 Å². The zero-order valence-electron chi connectivity index (χ0n) is 13.9. The number of amides is 1. The molecule has 23 heavy (non-hydrogen) atoms. The van der Waals surface area contributed by atoms with E-state index in [1.54, 1.807) is 0 Å². The molecule has 3 aromatic rings. The van der Waals surface area contributed by atoms with Gasteiger partial charge in [-0.2, -0.15) is 0 Å². The lowest BCUT2D eigenvalue weighted by atomic mass is 10.0. The summed E-state index contributed by atoms with van der Waals surface area (Å²) in [4.78, 5) is 17.3. The minimum absolute atomic E-state index is 0.0887. The molecule has 3 heteroatoms. The molecular weight excluding hydrogens is 284 g/mol.